The molecule has 29 heavy (non-hydrogen) atoms. The second-order valence-electron chi connectivity index (χ2n) is 6.15. The second-order valence-corrected chi connectivity index (χ2v) is 6.15. The molecule has 4 aromatic rings. The van der Waals surface area contributed by atoms with E-state index in [0.29, 0.717) is 16.7 Å². The third-order valence-corrected chi connectivity index (χ3v) is 4.23. The molecule has 4 rings (SSSR count). The van der Waals surface area contributed by atoms with Crippen LogP contribution in [0.4, 0.5) is 19.0 Å². The van der Waals surface area contributed by atoms with E-state index in [-0.39, 0.29) is 23.7 Å². The number of nitrogens with one attached hydrogen (secondary N) is 2. The first-order chi connectivity index (χ1) is 13.9. The van der Waals surface area contributed by atoms with Gasteiger partial charge in [0.15, 0.2) is 11.6 Å². The Balaban J connectivity index is 1.55. The number of carbonyl (C=O) groups excluding carboxylic acids is 1. The molecule has 0 bridgehead atoms. The van der Waals surface area contributed by atoms with E-state index in [1.165, 1.54) is 30.5 Å². The highest BCUT2D eigenvalue weighted by Gasteiger charge is 2.33. The Bertz CT molecular complexity index is 1150. The molecule has 1 amide bonds. The number of aromatic amines is 1. The minimum Gasteiger partial charge on any atom is -0.489 e. The van der Waals surface area contributed by atoms with Crippen LogP contribution in [0.2, 0.25) is 0 Å². The van der Waals surface area contributed by atoms with Gasteiger partial charge in [0.2, 0.25) is 0 Å². The van der Waals surface area contributed by atoms with Crippen LogP contribution < -0.4 is 10.1 Å². The van der Waals surface area contributed by atoms with E-state index < -0.39 is 17.6 Å². The van der Waals surface area contributed by atoms with Crippen LogP contribution in [0.1, 0.15) is 21.7 Å². The first-order valence-corrected chi connectivity index (χ1v) is 8.53. The van der Waals surface area contributed by atoms with Crippen molar-refractivity contribution in [3.05, 3.63) is 77.7 Å². The maximum Gasteiger partial charge on any atom is 0.416 e. The number of rotatable bonds is 5. The van der Waals surface area contributed by atoms with Gasteiger partial charge in [-0.3, -0.25) is 9.89 Å². The Morgan fingerprint density at radius 1 is 1.14 bits per heavy atom. The molecule has 2 N–H and O–H groups in total. The van der Waals surface area contributed by atoms with E-state index >= 15 is 0 Å². The summed E-state index contributed by atoms with van der Waals surface area (Å²) >= 11 is 0. The van der Waals surface area contributed by atoms with Crippen LogP contribution in [-0.2, 0) is 12.8 Å². The van der Waals surface area contributed by atoms with Gasteiger partial charge in [-0.2, -0.15) is 18.3 Å². The van der Waals surface area contributed by atoms with Gasteiger partial charge in [0, 0.05) is 10.9 Å². The molecule has 0 saturated heterocycles. The summed E-state index contributed by atoms with van der Waals surface area (Å²) in [6.45, 7) is -0.257. The van der Waals surface area contributed by atoms with Crippen molar-refractivity contribution in [3.8, 4) is 5.75 Å². The standard InChI is InChI=1S/C20H14F3N3O3/c21-20(22,23)15-5-2-1-4-12(15)11-29-13-7-8-16-14(10-13)18(26-25-16)24-19(27)17-6-3-9-28-17/h1-10H,11H2,(H2,24,25,26,27). The smallest absolute Gasteiger partial charge is 0.416 e. The van der Waals surface area contributed by atoms with Crippen molar-refractivity contribution in [1.82, 2.24) is 10.2 Å². The minimum absolute atomic E-state index is 0.0265. The predicted octanol–water partition coefficient (Wildman–Crippen LogP) is 5.01. The van der Waals surface area contributed by atoms with Crippen molar-refractivity contribution in [2.45, 2.75) is 12.8 Å². The molecule has 0 atom stereocenters. The Morgan fingerprint density at radius 2 is 1.97 bits per heavy atom. The van der Waals surface area contributed by atoms with Gasteiger partial charge < -0.3 is 14.5 Å². The number of ether oxygens (including phenoxy) is 1. The predicted molar refractivity (Wildman–Crippen MR) is 98.5 cm³/mol. The zero-order valence-electron chi connectivity index (χ0n) is 14.8. The van der Waals surface area contributed by atoms with Gasteiger partial charge in [0.05, 0.1) is 17.3 Å². The molecule has 2 aromatic heterocycles. The van der Waals surface area contributed by atoms with Crippen LogP contribution in [0.3, 0.4) is 0 Å². The third-order valence-electron chi connectivity index (χ3n) is 4.23. The van der Waals surface area contributed by atoms with Crippen LogP contribution in [0.5, 0.6) is 5.75 Å². The summed E-state index contributed by atoms with van der Waals surface area (Å²) < 4.78 is 50.0. The number of hydrogen-bond donors (Lipinski definition) is 2. The lowest BCUT2D eigenvalue weighted by molar-refractivity contribution is -0.138. The van der Waals surface area contributed by atoms with Crippen LogP contribution in [0.25, 0.3) is 10.9 Å². The molecule has 0 unspecified atom stereocenters. The lowest BCUT2D eigenvalue weighted by Crippen LogP contribution is -2.11. The normalized spacial score (nSPS) is 11.6. The number of fused-ring (bicyclic) bond motifs is 1. The Kier molecular flexibility index (Phi) is 4.71. The van der Waals surface area contributed by atoms with Crippen molar-refractivity contribution in [2.24, 2.45) is 0 Å². The molecule has 6 nitrogen and oxygen atoms in total. The van der Waals surface area contributed by atoms with Crippen molar-refractivity contribution < 1.29 is 27.1 Å². The summed E-state index contributed by atoms with van der Waals surface area (Å²) in [5.74, 6) is 0.234. The summed E-state index contributed by atoms with van der Waals surface area (Å²) in [6.07, 6.45) is -3.08. The molecule has 0 radical (unpaired) electrons. The number of benzene rings is 2. The molecule has 0 saturated carbocycles. The first kappa shape index (κ1) is 18.6. The van der Waals surface area contributed by atoms with Gasteiger partial charge >= 0.3 is 6.18 Å². The lowest BCUT2D eigenvalue weighted by atomic mass is 10.1. The number of furan rings is 1. The SMILES string of the molecule is O=C(Nc1n[nH]c2ccc(OCc3ccccc3C(F)(F)F)cc12)c1ccco1. The number of aromatic nitrogens is 2. The molecule has 2 aromatic carbocycles. The molecule has 0 fully saturated rings. The van der Waals surface area contributed by atoms with Crippen LogP contribution in [0, 0.1) is 0 Å². The van der Waals surface area contributed by atoms with E-state index in [4.69, 9.17) is 9.15 Å². The van der Waals surface area contributed by atoms with Crippen molar-refractivity contribution in [1.29, 1.82) is 0 Å². The lowest BCUT2D eigenvalue weighted by Gasteiger charge is -2.13. The largest absolute Gasteiger partial charge is 0.489 e. The summed E-state index contributed by atoms with van der Waals surface area (Å²) in [4.78, 5) is 12.1. The molecule has 0 spiro atoms. The number of nitrogens with zero attached hydrogens (tertiary/aromatic N) is 1. The highest BCUT2D eigenvalue weighted by Crippen LogP contribution is 2.33. The number of alkyl halides is 3. The molecule has 9 heteroatoms. The second kappa shape index (κ2) is 7.34. The molecule has 0 aliphatic heterocycles. The number of hydrogen-bond acceptors (Lipinski definition) is 4. The van der Waals surface area contributed by atoms with E-state index in [1.54, 1.807) is 24.3 Å². The average Bonchev–Trinajstić information content (AvgIpc) is 3.36. The zero-order chi connectivity index (χ0) is 20.4. The average molecular weight is 401 g/mol. The highest BCUT2D eigenvalue weighted by molar-refractivity contribution is 6.06. The molecule has 148 valence electrons. The summed E-state index contributed by atoms with van der Waals surface area (Å²) in [7, 11) is 0. The molecular formula is C20H14F3N3O3. The summed E-state index contributed by atoms with van der Waals surface area (Å²) in [6, 6.07) is 13.2. The Morgan fingerprint density at radius 3 is 2.72 bits per heavy atom. The molecule has 0 aliphatic carbocycles. The van der Waals surface area contributed by atoms with Gasteiger partial charge in [0.25, 0.3) is 5.91 Å². The van der Waals surface area contributed by atoms with Gasteiger partial charge in [-0.15, -0.1) is 0 Å². The number of H-pyrrole nitrogens is 1. The maximum atomic E-state index is 13.1. The summed E-state index contributed by atoms with van der Waals surface area (Å²) in [5, 5.41) is 9.98. The van der Waals surface area contributed by atoms with Gasteiger partial charge in [-0.25, -0.2) is 0 Å². The topological polar surface area (TPSA) is 80.2 Å². The maximum absolute atomic E-state index is 13.1. The van der Waals surface area contributed by atoms with Gasteiger partial charge in [0.1, 0.15) is 12.4 Å². The number of anilines is 1. The summed E-state index contributed by atoms with van der Waals surface area (Å²) in [5.41, 5.74) is -0.0859. The van der Waals surface area contributed by atoms with E-state index in [9.17, 15) is 18.0 Å². The fourth-order valence-corrected chi connectivity index (χ4v) is 2.84. The van der Waals surface area contributed by atoms with Crippen LogP contribution in [-0.4, -0.2) is 16.1 Å². The minimum atomic E-state index is -4.46. The van der Waals surface area contributed by atoms with E-state index in [0.717, 1.165) is 6.07 Å². The van der Waals surface area contributed by atoms with Crippen molar-refractivity contribution >= 4 is 22.6 Å². The van der Waals surface area contributed by atoms with Crippen LogP contribution in [0.15, 0.2) is 65.3 Å². The number of carbonyl (C=O) groups is 1. The number of amides is 1. The number of halogens is 3. The quantitative estimate of drug-likeness (QED) is 0.493. The monoisotopic (exact) mass is 401 g/mol. The van der Waals surface area contributed by atoms with Gasteiger partial charge in [-0.1, -0.05) is 18.2 Å². The molecule has 0 aliphatic rings. The van der Waals surface area contributed by atoms with Crippen LogP contribution >= 0.6 is 0 Å². The van der Waals surface area contributed by atoms with E-state index in [2.05, 4.69) is 15.5 Å². The Labute approximate surface area is 162 Å². The fourth-order valence-electron chi connectivity index (χ4n) is 2.84. The van der Waals surface area contributed by atoms with Crippen molar-refractivity contribution in [3.63, 3.8) is 0 Å². The highest BCUT2D eigenvalue weighted by atomic mass is 19.4. The van der Waals surface area contributed by atoms with Crippen molar-refractivity contribution in [2.75, 3.05) is 5.32 Å². The third kappa shape index (κ3) is 3.93. The van der Waals surface area contributed by atoms with E-state index in [1.807, 2.05) is 0 Å². The zero-order valence-corrected chi connectivity index (χ0v) is 14.8. The Hall–Kier alpha value is -3.75. The fraction of sp³-hybridized carbons (Fsp3) is 0.100. The molecule has 2 heterocycles. The van der Waals surface area contributed by atoms with Gasteiger partial charge in [-0.05, 0) is 36.4 Å². The first-order valence-electron chi connectivity index (χ1n) is 8.53. The molecular weight excluding hydrogens is 387 g/mol.